The third-order valence-electron chi connectivity index (χ3n) is 3.62. The van der Waals surface area contributed by atoms with E-state index in [0.29, 0.717) is 6.42 Å². The number of aryl methyl sites for hydroxylation is 1. The van der Waals surface area contributed by atoms with Gasteiger partial charge in [-0.15, -0.1) is 0 Å². The molecule has 0 aliphatic carbocycles. The number of hydrogen-bond acceptors (Lipinski definition) is 3. The van der Waals surface area contributed by atoms with Crippen molar-refractivity contribution in [1.82, 2.24) is 9.80 Å². The van der Waals surface area contributed by atoms with E-state index >= 15 is 0 Å². The van der Waals surface area contributed by atoms with E-state index in [9.17, 15) is 4.79 Å². The second-order valence-corrected chi connectivity index (χ2v) is 5.18. The molecule has 0 unspecified atom stereocenters. The van der Waals surface area contributed by atoms with E-state index in [-0.39, 0.29) is 5.78 Å². The minimum Gasteiger partial charge on any atom is -0.304 e. The molecular weight excluding hydrogens is 224 g/mol. The minimum atomic E-state index is 0.258. The standard InChI is InChI=1S/C15H22N2O/c1-13-3-5-14(6-4-13)15(18)7-8-17-11-9-16(2)10-12-17/h3-6H,7-12H2,1-2H3. The SMILES string of the molecule is Cc1ccc(C(=O)CCN2CCN(C)CC2)cc1. The number of rotatable bonds is 4. The average Bonchev–Trinajstić information content (AvgIpc) is 2.38. The summed E-state index contributed by atoms with van der Waals surface area (Å²) in [4.78, 5) is 16.7. The number of hydrogen-bond donors (Lipinski definition) is 0. The highest BCUT2D eigenvalue weighted by atomic mass is 16.1. The third-order valence-corrected chi connectivity index (χ3v) is 3.62. The van der Waals surface area contributed by atoms with Crippen LogP contribution in [0.4, 0.5) is 0 Å². The smallest absolute Gasteiger partial charge is 0.164 e. The summed E-state index contributed by atoms with van der Waals surface area (Å²) in [6.45, 7) is 7.31. The van der Waals surface area contributed by atoms with Gasteiger partial charge in [0.25, 0.3) is 0 Å². The zero-order valence-corrected chi connectivity index (χ0v) is 11.4. The highest BCUT2D eigenvalue weighted by Crippen LogP contribution is 2.08. The molecule has 1 aliphatic heterocycles. The van der Waals surface area contributed by atoms with Crippen molar-refractivity contribution in [2.24, 2.45) is 0 Å². The lowest BCUT2D eigenvalue weighted by Gasteiger charge is -2.32. The van der Waals surface area contributed by atoms with E-state index in [1.54, 1.807) is 0 Å². The molecule has 0 radical (unpaired) electrons. The molecule has 0 amide bonds. The van der Waals surface area contributed by atoms with Gasteiger partial charge < -0.3 is 9.80 Å². The summed E-state index contributed by atoms with van der Waals surface area (Å²) in [6, 6.07) is 7.87. The molecule has 1 fully saturated rings. The summed E-state index contributed by atoms with van der Waals surface area (Å²) in [5, 5.41) is 0. The average molecular weight is 246 g/mol. The van der Waals surface area contributed by atoms with E-state index in [4.69, 9.17) is 0 Å². The van der Waals surface area contributed by atoms with Gasteiger partial charge in [-0.3, -0.25) is 4.79 Å². The molecule has 0 bridgehead atoms. The Morgan fingerprint density at radius 3 is 2.33 bits per heavy atom. The number of ketones is 1. The van der Waals surface area contributed by atoms with Crippen molar-refractivity contribution in [2.75, 3.05) is 39.8 Å². The van der Waals surface area contributed by atoms with Crippen LogP contribution in [-0.4, -0.2) is 55.4 Å². The zero-order valence-electron chi connectivity index (χ0n) is 11.4. The number of likely N-dealkylation sites (N-methyl/N-ethyl adjacent to an activating group) is 1. The number of nitrogens with zero attached hydrogens (tertiary/aromatic N) is 2. The molecule has 2 rings (SSSR count). The Morgan fingerprint density at radius 1 is 1.11 bits per heavy atom. The lowest BCUT2D eigenvalue weighted by molar-refractivity contribution is 0.0942. The van der Waals surface area contributed by atoms with Gasteiger partial charge in [-0.25, -0.2) is 0 Å². The van der Waals surface area contributed by atoms with E-state index in [1.165, 1.54) is 5.56 Å². The van der Waals surface area contributed by atoms with Crippen LogP contribution in [-0.2, 0) is 0 Å². The van der Waals surface area contributed by atoms with E-state index < -0.39 is 0 Å². The molecular formula is C15H22N2O. The van der Waals surface area contributed by atoms with Crippen molar-refractivity contribution in [3.8, 4) is 0 Å². The Labute approximate surface area is 109 Å². The highest BCUT2D eigenvalue weighted by molar-refractivity contribution is 5.96. The van der Waals surface area contributed by atoms with Crippen LogP contribution in [0.2, 0.25) is 0 Å². The number of carbonyl (C=O) groups excluding carboxylic acids is 1. The van der Waals surface area contributed by atoms with E-state index in [1.807, 2.05) is 31.2 Å². The first kappa shape index (κ1) is 13.2. The van der Waals surface area contributed by atoms with Gasteiger partial charge in [0.15, 0.2) is 5.78 Å². The molecule has 3 nitrogen and oxygen atoms in total. The van der Waals surface area contributed by atoms with E-state index in [2.05, 4.69) is 16.8 Å². The Bertz CT molecular complexity index is 391. The van der Waals surface area contributed by atoms with Crippen LogP contribution >= 0.6 is 0 Å². The fourth-order valence-electron chi connectivity index (χ4n) is 2.21. The van der Waals surface area contributed by atoms with E-state index in [0.717, 1.165) is 38.3 Å². The quantitative estimate of drug-likeness (QED) is 0.757. The molecule has 1 aromatic carbocycles. The maximum Gasteiger partial charge on any atom is 0.164 e. The molecule has 0 aromatic heterocycles. The molecule has 98 valence electrons. The van der Waals surface area contributed by atoms with Crippen LogP contribution in [0.1, 0.15) is 22.3 Å². The first-order valence-electron chi connectivity index (χ1n) is 6.66. The lowest BCUT2D eigenvalue weighted by Crippen LogP contribution is -2.45. The largest absolute Gasteiger partial charge is 0.304 e. The molecule has 1 aliphatic rings. The summed E-state index contributed by atoms with van der Waals surface area (Å²) in [5.41, 5.74) is 2.04. The van der Waals surface area contributed by atoms with Crippen LogP contribution in [0.15, 0.2) is 24.3 Å². The summed E-state index contributed by atoms with van der Waals surface area (Å²) < 4.78 is 0. The number of benzene rings is 1. The van der Waals surface area contributed by atoms with Crippen LogP contribution < -0.4 is 0 Å². The van der Waals surface area contributed by atoms with Crippen LogP contribution in [0, 0.1) is 6.92 Å². The maximum absolute atomic E-state index is 12.0. The first-order valence-corrected chi connectivity index (χ1v) is 6.66. The fraction of sp³-hybridized carbons (Fsp3) is 0.533. The molecule has 3 heteroatoms. The topological polar surface area (TPSA) is 23.6 Å². The predicted molar refractivity (Wildman–Crippen MR) is 74.1 cm³/mol. The normalized spacial score (nSPS) is 17.9. The molecule has 1 heterocycles. The summed E-state index contributed by atoms with van der Waals surface area (Å²) in [6.07, 6.45) is 0.632. The molecule has 18 heavy (non-hydrogen) atoms. The van der Waals surface area contributed by atoms with Gasteiger partial charge in [0, 0.05) is 44.7 Å². The van der Waals surface area contributed by atoms with Gasteiger partial charge in [0.2, 0.25) is 0 Å². The highest BCUT2D eigenvalue weighted by Gasteiger charge is 2.15. The van der Waals surface area contributed by atoms with Gasteiger partial charge in [-0.05, 0) is 14.0 Å². The third kappa shape index (κ3) is 3.65. The van der Waals surface area contributed by atoms with Crippen LogP contribution in [0.5, 0.6) is 0 Å². The van der Waals surface area contributed by atoms with Crippen molar-refractivity contribution in [3.05, 3.63) is 35.4 Å². The van der Waals surface area contributed by atoms with Gasteiger partial charge >= 0.3 is 0 Å². The van der Waals surface area contributed by atoms with Crippen molar-refractivity contribution in [2.45, 2.75) is 13.3 Å². The van der Waals surface area contributed by atoms with Gasteiger partial charge in [0.1, 0.15) is 0 Å². The Balaban J connectivity index is 1.79. The van der Waals surface area contributed by atoms with Crippen LogP contribution in [0.25, 0.3) is 0 Å². The molecule has 1 aromatic rings. The Hall–Kier alpha value is -1.19. The second-order valence-electron chi connectivity index (χ2n) is 5.18. The number of piperazine rings is 1. The number of carbonyl (C=O) groups is 1. The van der Waals surface area contributed by atoms with Gasteiger partial charge in [0.05, 0.1) is 0 Å². The molecule has 0 saturated carbocycles. The maximum atomic E-state index is 12.0. The predicted octanol–water partition coefficient (Wildman–Crippen LogP) is 1.82. The Kier molecular flexibility index (Phi) is 4.50. The summed E-state index contributed by atoms with van der Waals surface area (Å²) >= 11 is 0. The molecule has 0 atom stereocenters. The number of Topliss-reactive ketones (excluding diaryl/α,β-unsaturated/α-hetero) is 1. The lowest BCUT2D eigenvalue weighted by atomic mass is 10.1. The van der Waals surface area contributed by atoms with Gasteiger partial charge in [-0.1, -0.05) is 29.8 Å². The minimum absolute atomic E-state index is 0.258. The first-order chi connectivity index (χ1) is 8.65. The second kappa shape index (κ2) is 6.12. The van der Waals surface area contributed by atoms with Crippen molar-refractivity contribution in [1.29, 1.82) is 0 Å². The van der Waals surface area contributed by atoms with Gasteiger partial charge in [-0.2, -0.15) is 0 Å². The Morgan fingerprint density at radius 2 is 1.72 bits per heavy atom. The van der Waals surface area contributed by atoms with Crippen molar-refractivity contribution in [3.63, 3.8) is 0 Å². The van der Waals surface area contributed by atoms with Crippen molar-refractivity contribution >= 4 is 5.78 Å². The summed E-state index contributed by atoms with van der Waals surface area (Å²) in [5.74, 6) is 0.258. The zero-order chi connectivity index (χ0) is 13.0. The van der Waals surface area contributed by atoms with Crippen molar-refractivity contribution < 1.29 is 4.79 Å². The molecule has 0 spiro atoms. The molecule has 1 saturated heterocycles. The fourth-order valence-corrected chi connectivity index (χ4v) is 2.21. The van der Waals surface area contributed by atoms with Crippen LogP contribution in [0.3, 0.4) is 0 Å². The molecule has 0 N–H and O–H groups in total. The summed E-state index contributed by atoms with van der Waals surface area (Å²) in [7, 11) is 2.15. The monoisotopic (exact) mass is 246 g/mol.